The largest absolute Gasteiger partial charge is 0.474 e. The van der Waals surface area contributed by atoms with E-state index in [2.05, 4.69) is 0 Å². The van der Waals surface area contributed by atoms with Crippen LogP contribution in [0.4, 0.5) is 0 Å². The summed E-state index contributed by atoms with van der Waals surface area (Å²) in [6, 6.07) is 0.295. The van der Waals surface area contributed by atoms with Crippen LogP contribution >= 0.6 is 0 Å². The van der Waals surface area contributed by atoms with Crippen LogP contribution in [0.1, 0.15) is 6.42 Å². The maximum Gasteiger partial charge on any atom is 0.394 e. The first-order valence-electron chi connectivity index (χ1n) is 4.21. The molecule has 0 spiro atoms. The quantitative estimate of drug-likeness (QED) is 0.546. The highest BCUT2D eigenvalue weighted by Gasteiger charge is 2.30. The van der Waals surface area contributed by atoms with Gasteiger partial charge in [0.15, 0.2) is 0 Å². The van der Waals surface area contributed by atoms with Gasteiger partial charge in [0, 0.05) is 19.1 Å². The molecular formula is C8H14N2O3. The minimum atomic E-state index is -1.36. The Balaban J connectivity index is 2.50. The number of hydrogen-bond donors (Lipinski definition) is 1. The number of likely N-dealkylation sites (N-methyl/N-ethyl adjacent to an activating group) is 1. The summed E-state index contributed by atoms with van der Waals surface area (Å²) < 4.78 is 0. The van der Waals surface area contributed by atoms with Crippen LogP contribution in [0.2, 0.25) is 0 Å². The fourth-order valence-electron chi connectivity index (χ4n) is 1.48. The van der Waals surface area contributed by atoms with Gasteiger partial charge in [-0.05, 0) is 20.5 Å². The lowest BCUT2D eigenvalue weighted by atomic mass is 10.2. The molecule has 0 aliphatic carbocycles. The van der Waals surface area contributed by atoms with Gasteiger partial charge in [-0.1, -0.05) is 0 Å². The molecule has 0 aromatic heterocycles. The summed E-state index contributed by atoms with van der Waals surface area (Å²) in [4.78, 5) is 24.8. The highest BCUT2D eigenvalue weighted by molar-refractivity contribution is 6.31. The second-order valence-electron chi connectivity index (χ2n) is 3.46. The number of carboxylic acid groups (broad SMARTS) is 1. The smallest absolute Gasteiger partial charge is 0.394 e. The maximum atomic E-state index is 11.0. The van der Waals surface area contributed by atoms with Crippen LogP contribution in [0, 0.1) is 0 Å². The zero-order chi connectivity index (χ0) is 10.0. The van der Waals surface area contributed by atoms with Crippen LogP contribution in [-0.2, 0) is 9.59 Å². The van der Waals surface area contributed by atoms with Gasteiger partial charge in [0.2, 0.25) is 0 Å². The number of aliphatic carboxylic acids is 1. The van der Waals surface area contributed by atoms with E-state index in [0.717, 1.165) is 6.42 Å². The highest BCUT2D eigenvalue weighted by atomic mass is 16.4. The number of nitrogens with zero attached hydrogens (tertiary/aromatic N) is 2. The number of carboxylic acids is 1. The van der Waals surface area contributed by atoms with Crippen LogP contribution in [0.25, 0.3) is 0 Å². The molecule has 1 saturated heterocycles. The molecule has 13 heavy (non-hydrogen) atoms. The maximum absolute atomic E-state index is 11.0. The van der Waals surface area contributed by atoms with E-state index in [4.69, 9.17) is 5.11 Å². The van der Waals surface area contributed by atoms with E-state index >= 15 is 0 Å². The Bertz CT molecular complexity index is 227. The van der Waals surface area contributed by atoms with Gasteiger partial charge in [-0.15, -0.1) is 0 Å². The molecule has 1 heterocycles. The molecule has 0 saturated carbocycles. The van der Waals surface area contributed by atoms with Gasteiger partial charge < -0.3 is 14.9 Å². The van der Waals surface area contributed by atoms with E-state index in [1.165, 1.54) is 4.90 Å². The molecule has 1 atom stereocenters. The second kappa shape index (κ2) is 3.74. The van der Waals surface area contributed by atoms with E-state index in [0.29, 0.717) is 19.1 Å². The van der Waals surface area contributed by atoms with Crippen molar-refractivity contribution in [3.8, 4) is 0 Å². The average molecular weight is 186 g/mol. The molecular weight excluding hydrogens is 172 g/mol. The van der Waals surface area contributed by atoms with E-state index in [1.807, 2.05) is 19.0 Å². The molecule has 0 aromatic carbocycles. The Morgan fingerprint density at radius 2 is 2.08 bits per heavy atom. The van der Waals surface area contributed by atoms with E-state index in [-0.39, 0.29) is 0 Å². The lowest BCUT2D eigenvalue weighted by molar-refractivity contribution is -0.155. The summed E-state index contributed by atoms with van der Waals surface area (Å²) in [5.74, 6) is -2.15. The predicted molar refractivity (Wildman–Crippen MR) is 46.3 cm³/mol. The molecule has 5 nitrogen and oxygen atoms in total. The van der Waals surface area contributed by atoms with Gasteiger partial charge >= 0.3 is 11.9 Å². The molecule has 5 heteroatoms. The summed E-state index contributed by atoms with van der Waals surface area (Å²) in [6.07, 6.45) is 0.853. The predicted octanol–water partition coefficient (Wildman–Crippen LogP) is -0.766. The van der Waals surface area contributed by atoms with Crippen molar-refractivity contribution in [1.29, 1.82) is 0 Å². The average Bonchev–Trinajstić information content (AvgIpc) is 2.50. The third-order valence-corrected chi connectivity index (χ3v) is 2.36. The first kappa shape index (κ1) is 9.98. The normalized spacial score (nSPS) is 22.4. The van der Waals surface area contributed by atoms with Crippen LogP contribution < -0.4 is 0 Å². The van der Waals surface area contributed by atoms with E-state index in [1.54, 1.807) is 0 Å². The van der Waals surface area contributed by atoms with Crippen LogP contribution in [-0.4, -0.2) is 60.0 Å². The van der Waals surface area contributed by atoms with Gasteiger partial charge in [-0.2, -0.15) is 0 Å². The first-order chi connectivity index (χ1) is 6.02. The molecule has 74 valence electrons. The summed E-state index contributed by atoms with van der Waals surface area (Å²) in [5.41, 5.74) is 0. The van der Waals surface area contributed by atoms with Gasteiger partial charge in [-0.3, -0.25) is 4.79 Å². The molecule has 0 bridgehead atoms. The fraction of sp³-hybridized carbons (Fsp3) is 0.750. The lowest BCUT2D eigenvalue weighted by Gasteiger charge is -2.19. The highest BCUT2D eigenvalue weighted by Crippen LogP contribution is 2.12. The number of carbonyl (C=O) groups excluding carboxylic acids is 1. The van der Waals surface area contributed by atoms with Gasteiger partial charge in [0.1, 0.15) is 0 Å². The molecule has 1 aliphatic heterocycles. The Morgan fingerprint density at radius 1 is 1.46 bits per heavy atom. The van der Waals surface area contributed by atoms with Crippen LogP contribution in [0.5, 0.6) is 0 Å². The molecule has 1 amide bonds. The molecule has 1 fully saturated rings. The van der Waals surface area contributed by atoms with Crippen LogP contribution in [0.3, 0.4) is 0 Å². The Kier molecular flexibility index (Phi) is 2.87. The van der Waals surface area contributed by atoms with Gasteiger partial charge in [0.25, 0.3) is 0 Å². The molecule has 0 aromatic rings. The molecule has 1 N–H and O–H groups in total. The summed E-state index contributed by atoms with van der Waals surface area (Å²) in [6.45, 7) is 1.08. The number of amides is 1. The topological polar surface area (TPSA) is 60.9 Å². The third kappa shape index (κ3) is 2.18. The minimum Gasteiger partial charge on any atom is -0.474 e. The minimum absolute atomic E-state index is 0.295. The van der Waals surface area contributed by atoms with Crippen molar-refractivity contribution >= 4 is 11.9 Å². The van der Waals surface area contributed by atoms with Crippen molar-refractivity contribution in [3.05, 3.63) is 0 Å². The summed E-state index contributed by atoms with van der Waals surface area (Å²) in [7, 11) is 3.86. The van der Waals surface area contributed by atoms with Crippen molar-refractivity contribution in [2.24, 2.45) is 0 Å². The summed E-state index contributed by atoms with van der Waals surface area (Å²) in [5, 5.41) is 8.46. The number of rotatable bonds is 1. The number of carbonyl (C=O) groups is 2. The first-order valence-corrected chi connectivity index (χ1v) is 4.21. The third-order valence-electron chi connectivity index (χ3n) is 2.36. The number of hydrogen-bond acceptors (Lipinski definition) is 3. The Morgan fingerprint density at radius 3 is 2.46 bits per heavy atom. The number of likely N-dealkylation sites (tertiary alicyclic amines) is 1. The van der Waals surface area contributed by atoms with Gasteiger partial charge in [0.05, 0.1) is 0 Å². The molecule has 1 rings (SSSR count). The standard InChI is InChI=1S/C8H14N2O3/c1-9(2)6-3-4-10(5-6)7(11)8(12)13/h6H,3-5H2,1-2H3,(H,12,13). The van der Waals surface area contributed by atoms with Crippen molar-refractivity contribution in [1.82, 2.24) is 9.80 Å². The SMILES string of the molecule is CN(C)C1CCN(C(=O)C(=O)O)C1. The van der Waals surface area contributed by atoms with Crippen molar-refractivity contribution in [2.75, 3.05) is 27.2 Å². The van der Waals surface area contributed by atoms with Crippen molar-refractivity contribution < 1.29 is 14.7 Å². The monoisotopic (exact) mass is 186 g/mol. The lowest BCUT2D eigenvalue weighted by Crippen LogP contribution is -2.37. The van der Waals surface area contributed by atoms with Crippen molar-refractivity contribution in [2.45, 2.75) is 12.5 Å². The molecule has 1 aliphatic rings. The van der Waals surface area contributed by atoms with Gasteiger partial charge in [-0.25, -0.2) is 4.79 Å². The Hall–Kier alpha value is -1.10. The van der Waals surface area contributed by atoms with Crippen LogP contribution in [0.15, 0.2) is 0 Å². The Labute approximate surface area is 76.9 Å². The molecule has 1 unspecified atom stereocenters. The zero-order valence-corrected chi connectivity index (χ0v) is 7.86. The van der Waals surface area contributed by atoms with E-state index < -0.39 is 11.9 Å². The van der Waals surface area contributed by atoms with E-state index in [9.17, 15) is 9.59 Å². The summed E-state index contributed by atoms with van der Waals surface area (Å²) >= 11 is 0. The van der Waals surface area contributed by atoms with Crippen molar-refractivity contribution in [3.63, 3.8) is 0 Å². The second-order valence-corrected chi connectivity index (χ2v) is 3.46. The molecule has 0 radical (unpaired) electrons. The fourth-order valence-corrected chi connectivity index (χ4v) is 1.48. The zero-order valence-electron chi connectivity index (χ0n) is 7.86.